The average Bonchev–Trinajstić information content (AvgIpc) is 3.20. The predicted octanol–water partition coefficient (Wildman–Crippen LogP) is 1.49. The van der Waals surface area contributed by atoms with Gasteiger partial charge < -0.3 is 9.32 Å². The molecule has 1 aromatic carbocycles. The van der Waals surface area contributed by atoms with Gasteiger partial charge in [-0.05, 0) is 30.2 Å². The third-order valence-electron chi connectivity index (χ3n) is 4.01. The molecule has 120 valence electrons. The highest BCUT2D eigenvalue weighted by Crippen LogP contribution is 2.27. The number of nitrogens with zero attached hydrogens (tertiary/aromatic N) is 4. The smallest absolute Gasteiger partial charge is 0.388 e. The van der Waals surface area contributed by atoms with Crippen molar-refractivity contribution in [1.82, 2.24) is 14.8 Å². The molecule has 0 bridgehead atoms. The molecule has 7 nitrogen and oxygen atoms in total. The fraction of sp³-hybridized carbons (Fsp3) is 0.176. The van der Waals surface area contributed by atoms with Crippen molar-refractivity contribution in [2.24, 2.45) is 0 Å². The summed E-state index contributed by atoms with van der Waals surface area (Å²) in [5, 5.41) is 4.11. The van der Waals surface area contributed by atoms with Crippen molar-refractivity contribution in [3.63, 3.8) is 0 Å². The van der Waals surface area contributed by atoms with Gasteiger partial charge in [0.2, 0.25) is 11.8 Å². The van der Waals surface area contributed by atoms with Gasteiger partial charge in [0.05, 0.1) is 0 Å². The summed E-state index contributed by atoms with van der Waals surface area (Å²) < 4.78 is 6.19. The van der Waals surface area contributed by atoms with Crippen molar-refractivity contribution in [1.29, 1.82) is 0 Å². The van der Waals surface area contributed by atoms with Crippen LogP contribution in [0.1, 0.15) is 5.56 Å². The molecule has 0 unspecified atom stereocenters. The van der Waals surface area contributed by atoms with Crippen LogP contribution in [0.25, 0.3) is 11.5 Å². The van der Waals surface area contributed by atoms with Gasteiger partial charge >= 0.3 is 5.76 Å². The molecular weight excluding hydrogens is 308 g/mol. The molecular formula is C17H14N4O3. The van der Waals surface area contributed by atoms with Gasteiger partial charge in [-0.1, -0.05) is 18.2 Å². The monoisotopic (exact) mass is 322 g/mol. The number of carbonyl (C=O) groups is 1. The van der Waals surface area contributed by atoms with Crippen LogP contribution >= 0.6 is 0 Å². The van der Waals surface area contributed by atoms with Crippen LogP contribution in [0.5, 0.6) is 0 Å². The Labute approximate surface area is 137 Å². The Morgan fingerprint density at radius 1 is 1.17 bits per heavy atom. The maximum Gasteiger partial charge on any atom is 0.437 e. The van der Waals surface area contributed by atoms with Crippen molar-refractivity contribution in [3.8, 4) is 11.5 Å². The number of para-hydroxylation sites is 1. The van der Waals surface area contributed by atoms with E-state index in [0.717, 1.165) is 22.4 Å². The minimum absolute atomic E-state index is 0.151. The Kier molecular flexibility index (Phi) is 3.45. The Morgan fingerprint density at radius 3 is 2.79 bits per heavy atom. The molecule has 0 saturated heterocycles. The van der Waals surface area contributed by atoms with Gasteiger partial charge in [-0.2, -0.15) is 4.68 Å². The summed E-state index contributed by atoms with van der Waals surface area (Å²) in [4.78, 5) is 30.1. The van der Waals surface area contributed by atoms with Gasteiger partial charge in [0.1, 0.15) is 6.54 Å². The van der Waals surface area contributed by atoms with Crippen LogP contribution in [0, 0.1) is 0 Å². The minimum Gasteiger partial charge on any atom is -0.388 e. The van der Waals surface area contributed by atoms with Crippen molar-refractivity contribution in [2.75, 3.05) is 11.4 Å². The number of amides is 1. The number of pyridine rings is 1. The van der Waals surface area contributed by atoms with E-state index in [1.165, 1.54) is 0 Å². The van der Waals surface area contributed by atoms with Gasteiger partial charge in [0.15, 0.2) is 0 Å². The van der Waals surface area contributed by atoms with E-state index in [-0.39, 0.29) is 18.3 Å². The summed E-state index contributed by atoms with van der Waals surface area (Å²) in [6, 6.07) is 11.1. The average molecular weight is 322 g/mol. The van der Waals surface area contributed by atoms with E-state index in [9.17, 15) is 9.59 Å². The highest BCUT2D eigenvalue weighted by molar-refractivity contribution is 5.95. The third kappa shape index (κ3) is 2.50. The number of carbonyl (C=O) groups excluding carboxylic acids is 1. The standard InChI is InChI=1S/C17H14N4O3/c22-15(20-10-7-12-3-1-2-4-14(12)20)11-21-17(23)24-16(19-21)13-5-8-18-9-6-13/h1-6,8-9H,7,10-11H2. The maximum absolute atomic E-state index is 12.5. The van der Waals surface area contributed by atoms with Gasteiger partial charge in [-0.25, -0.2) is 4.79 Å². The summed E-state index contributed by atoms with van der Waals surface area (Å²) in [5.41, 5.74) is 2.67. The third-order valence-corrected chi connectivity index (χ3v) is 4.01. The van der Waals surface area contributed by atoms with Crippen LogP contribution < -0.4 is 10.7 Å². The van der Waals surface area contributed by atoms with Crippen molar-refractivity contribution >= 4 is 11.6 Å². The Morgan fingerprint density at radius 2 is 1.96 bits per heavy atom. The maximum atomic E-state index is 12.5. The van der Waals surface area contributed by atoms with Gasteiger partial charge in [-0.3, -0.25) is 9.78 Å². The number of aromatic nitrogens is 3. The molecule has 4 rings (SSSR count). The number of anilines is 1. The first-order valence-electron chi connectivity index (χ1n) is 7.59. The first-order chi connectivity index (χ1) is 11.7. The summed E-state index contributed by atoms with van der Waals surface area (Å²) in [5.74, 6) is -0.656. The Bertz CT molecular complexity index is 946. The molecule has 0 atom stereocenters. The highest BCUT2D eigenvalue weighted by Gasteiger charge is 2.25. The van der Waals surface area contributed by atoms with Crippen LogP contribution in [-0.2, 0) is 17.8 Å². The highest BCUT2D eigenvalue weighted by atomic mass is 16.4. The van der Waals surface area contributed by atoms with E-state index >= 15 is 0 Å². The molecule has 24 heavy (non-hydrogen) atoms. The molecule has 1 aliphatic heterocycles. The predicted molar refractivity (Wildman–Crippen MR) is 86.5 cm³/mol. The lowest BCUT2D eigenvalue weighted by Gasteiger charge is -2.16. The zero-order chi connectivity index (χ0) is 16.5. The van der Waals surface area contributed by atoms with E-state index in [4.69, 9.17) is 4.42 Å². The van der Waals surface area contributed by atoms with Gasteiger partial charge in [0, 0.05) is 30.2 Å². The van der Waals surface area contributed by atoms with E-state index in [2.05, 4.69) is 10.1 Å². The number of benzene rings is 1. The molecule has 3 aromatic rings. The second-order valence-corrected chi connectivity index (χ2v) is 5.49. The molecule has 0 N–H and O–H groups in total. The van der Waals surface area contributed by atoms with Crippen LogP contribution in [0.4, 0.5) is 5.69 Å². The van der Waals surface area contributed by atoms with E-state index in [0.29, 0.717) is 12.1 Å². The van der Waals surface area contributed by atoms with Crippen molar-refractivity contribution < 1.29 is 9.21 Å². The van der Waals surface area contributed by atoms with Crippen molar-refractivity contribution in [3.05, 3.63) is 64.9 Å². The lowest BCUT2D eigenvalue weighted by atomic mass is 10.2. The molecule has 7 heteroatoms. The van der Waals surface area contributed by atoms with Crippen LogP contribution in [0.15, 0.2) is 58.0 Å². The second-order valence-electron chi connectivity index (χ2n) is 5.49. The molecule has 0 saturated carbocycles. The molecule has 0 radical (unpaired) electrons. The number of hydrogen-bond acceptors (Lipinski definition) is 5. The molecule has 0 aliphatic carbocycles. The van der Waals surface area contributed by atoms with Crippen LogP contribution in [0.3, 0.4) is 0 Å². The normalized spacial score (nSPS) is 13.1. The van der Waals surface area contributed by atoms with Crippen LogP contribution in [-0.4, -0.2) is 27.2 Å². The summed E-state index contributed by atoms with van der Waals surface area (Å²) >= 11 is 0. The topological polar surface area (TPSA) is 81.2 Å². The Balaban J connectivity index is 1.57. The summed E-state index contributed by atoms with van der Waals surface area (Å²) in [6.45, 7) is 0.462. The molecule has 1 amide bonds. The number of hydrogen-bond donors (Lipinski definition) is 0. The minimum atomic E-state index is -0.650. The fourth-order valence-electron chi connectivity index (χ4n) is 2.83. The van der Waals surface area contributed by atoms with E-state index in [1.807, 2.05) is 24.3 Å². The quantitative estimate of drug-likeness (QED) is 0.730. The van der Waals surface area contributed by atoms with Gasteiger partial charge in [0.25, 0.3) is 0 Å². The zero-order valence-electron chi connectivity index (χ0n) is 12.8. The Hall–Kier alpha value is -3.22. The first kappa shape index (κ1) is 14.4. The van der Waals surface area contributed by atoms with Gasteiger partial charge in [-0.15, -0.1) is 5.10 Å². The van der Waals surface area contributed by atoms with E-state index < -0.39 is 5.76 Å². The van der Waals surface area contributed by atoms with Crippen LogP contribution in [0.2, 0.25) is 0 Å². The lowest BCUT2D eigenvalue weighted by Crippen LogP contribution is -2.35. The fourth-order valence-corrected chi connectivity index (χ4v) is 2.83. The largest absolute Gasteiger partial charge is 0.437 e. The summed E-state index contributed by atoms with van der Waals surface area (Å²) in [6.07, 6.45) is 3.99. The molecule has 3 heterocycles. The summed E-state index contributed by atoms with van der Waals surface area (Å²) in [7, 11) is 0. The second kappa shape index (κ2) is 5.77. The van der Waals surface area contributed by atoms with E-state index in [1.54, 1.807) is 29.4 Å². The lowest BCUT2D eigenvalue weighted by molar-refractivity contribution is -0.119. The number of fused-ring (bicyclic) bond motifs is 1. The zero-order valence-corrected chi connectivity index (χ0v) is 12.8. The molecule has 0 spiro atoms. The van der Waals surface area contributed by atoms with Crippen molar-refractivity contribution in [2.45, 2.75) is 13.0 Å². The first-order valence-corrected chi connectivity index (χ1v) is 7.59. The molecule has 1 aliphatic rings. The SMILES string of the molecule is O=C(Cn1nc(-c2ccncc2)oc1=O)N1CCc2ccccc21. The molecule has 2 aromatic heterocycles. The number of rotatable bonds is 3. The molecule has 0 fully saturated rings.